The minimum atomic E-state index is -0.425. The van der Waals surface area contributed by atoms with Crippen molar-refractivity contribution < 1.29 is 9.13 Å². The van der Waals surface area contributed by atoms with E-state index >= 15 is 0 Å². The first-order valence-electron chi connectivity index (χ1n) is 11.0. The second-order valence-corrected chi connectivity index (χ2v) is 9.03. The van der Waals surface area contributed by atoms with Crippen LogP contribution in [-0.4, -0.2) is 26.5 Å². The van der Waals surface area contributed by atoms with Gasteiger partial charge in [-0.3, -0.25) is 4.98 Å². The molecule has 2 unspecified atom stereocenters. The molecule has 0 saturated carbocycles. The summed E-state index contributed by atoms with van der Waals surface area (Å²) in [5, 5.41) is 0.342. The molecule has 2 atom stereocenters. The fourth-order valence-corrected chi connectivity index (χ4v) is 4.55. The molecule has 0 spiro atoms. The number of aryl methyl sites for hydroxylation is 3. The number of fused-ring (bicyclic) bond motifs is 1. The predicted octanol–water partition coefficient (Wildman–Crippen LogP) is 6.44. The summed E-state index contributed by atoms with van der Waals surface area (Å²) in [5.74, 6) is -0.273. The van der Waals surface area contributed by atoms with Gasteiger partial charge in [0.25, 0.3) is 0 Å². The molecule has 1 aliphatic heterocycles. The van der Waals surface area contributed by atoms with E-state index in [9.17, 15) is 4.39 Å². The molecule has 7 heteroatoms. The number of halogens is 2. The van der Waals surface area contributed by atoms with E-state index < -0.39 is 5.82 Å². The molecule has 4 heterocycles. The molecule has 0 aliphatic carbocycles. The molecule has 0 bridgehead atoms. The van der Waals surface area contributed by atoms with Gasteiger partial charge in [-0.2, -0.15) is 0 Å². The van der Waals surface area contributed by atoms with Crippen molar-refractivity contribution in [3.05, 3.63) is 81.8 Å². The Morgan fingerprint density at radius 2 is 1.82 bits per heavy atom. The van der Waals surface area contributed by atoms with Crippen LogP contribution in [0.5, 0.6) is 0 Å². The average Bonchev–Trinajstić information content (AvgIpc) is 2.80. The molecule has 5 rings (SSSR count). The standard InChI is InChI=1S/C26H24ClFN4O/c1-14-10-18(6-8-29-14)24-11-17(7-9-33-24)22-13-23-26(31-16(3)15(2)30-23)25(32-22)20-5-4-19(27)12-21(20)28/h4-6,8,10,12-13,17,24H,7,9,11H2,1-3H3. The fraction of sp³-hybridized carbons (Fsp3) is 0.308. The van der Waals surface area contributed by atoms with Gasteiger partial charge in [-0.05, 0) is 75.6 Å². The summed E-state index contributed by atoms with van der Waals surface area (Å²) in [7, 11) is 0. The number of pyridine rings is 2. The summed E-state index contributed by atoms with van der Waals surface area (Å²) in [6.07, 6.45) is 3.39. The van der Waals surface area contributed by atoms with Crippen LogP contribution in [-0.2, 0) is 4.74 Å². The van der Waals surface area contributed by atoms with Gasteiger partial charge in [-0.1, -0.05) is 11.6 Å². The average molecular weight is 463 g/mol. The van der Waals surface area contributed by atoms with Crippen molar-refractivity contribution in [3.63, 3.8) is 0 Å². The highest BCUT2D eigenvalue weighted by atomic mass is 35.5. The number of nitrogens with zero attached hydrogens (tertiary/aromatic N) is 4. The van der Waals surface area contributed by atoms with Gasteiger partial charge in [0.05, 0.1) is 23.0 Å². The van der Waals surface area contributed by atoms with Gasteiger partial charge >= 0.3 is 0 Å². The van der Waals surface area contributed by atoms with E-state index in [2.05, 4.69) is 11.1 Å². The summed E-state index contributed by atoms with van der Waals surface area (Å²) in [6, 6.07) is 10.7. The third-order valence-electron chi connectivity index (χ3n) is 6.26. The Labute approximate surface area is 197 Å². The summed E-state index contributed by atoms with van der Waals surface area (Å²) < 4.78 is 21.0. The number of aromatic nitrogens is 4. The van der Waals surface area contributed by atoms with Gasteiger partial charge in [-0.25, -0.2) is 19.3 Å². The second kappa shape index (κ2) is 8.76. The summed E-state index contributed by atoms with van der Waals surface area (Å²) >= 11 is 6.00. The lowest BCUT2D eigenvalue weighted by molar-refractivity contribution is 0.00460. The Balaban J connectivity index is 1.62. The first-order chi connectivity index (χ1) is 15.9. The maximum atomic E-state index is 14.9. The molecule has 1 saturated heterocycles. The van der Waals surface area contributed by atoms with Gasteiger partial charge in [0, 0.05) is 40.7 Å². The van der Waals surface area contributed by atoms with E-state index in [-0.39, 0.29) is 12.0 Å². The highest BCUT2D eigenvalue weighted by Gasteiger charge is 2.28. The third-order valence-corrected chi connectivity index (χ3v) is 6.50. The Bertz CT molecular complexity index is 1360. The van der Waals surface area contributed by atoms with Crippen LogP contribution in [0.4, 0.5) is 4.39 Å². The minimum absolute atomic E-state index is 0.0375. The summed E-state index contributed by atoms with van der Waals surface area (Å²) in [5.41, 5.74) is 6.78. The molecule has 4 aromatic rings. The van der Waals surface area contributed by atoms with Crippen LogP contribution < -0.4 is 0 Å². The van der Waals surface area contributed by atoms with Gasteiger partial charge in [0.1, 0.15) is 17.0 Å². The topological polar surface area (TPSA) is 60.8 Å². The van der Waals surface area contributed by atoms with Crippen molar-refractivity contribution in [2.45, 2.75) is 45.6 Å². The van der Waals surface area contributed by atoms with E-state index in [1.165, 1.54) is 6.07 Å². The van der Waals surface area contributed by atoms with Crippen LogP contribution >= 0.6 is 11.6 Å². The molecule has 3 aromatic heterocycles. The molecule has 33 heavy (non-hydrogen) atoms. The fourth-order valence-electron chi connectivity index (χ4n) is 4.39. The first-order valence-corrected chi connectivity index (χ1v) is 11.4. The van der Waals surface area contributed by atoms with E-state index in [0.717, 1.165) is 46.7 Å². The number of ether oxygens (including phenoxy) is 1. The highest BCUT2D eigenvalue weighted by molar-refractivity contribution is 6.30. The number of benzene rings is 1. The smallest absolute Gasteiger partial charge is 0.134 e. The van der Waals surface area contributed by atoms with Crippen LogP contribution in [0.15, 0.2) is 42.6 Å². The Hall–Kier alpha value is -2.96. The normalized spacial score (nSPS) is 18.6. The molecule has 0 radical (unpaired) electrons. The van der Waals surface area contributed by atoms with Crippen LogP contribution in [0.2, 0.25) is 5.02 Å². The molecule has 0 amide bonds. The summed E-state index contributed by atoms with van der Waals surface area (Å²) in [4.78, 5) is 18.7. The van der Waals surface area contributed by atoms with Crippen LogP contribution in [0, 0.1) is 26.6 Å². The molecule has 168 valence electrons. The first kappa shape index (κ1) is 21.9. The van der Waals surface area contributed by atoms with Gasteiger partial charge in [-0.15, -0.1) is 0 Å². The molecule has 1 aromatic carbocycles. The zero-order valence-corrected chi connectivity index (χ0v) is 19.5. The second-order valence-electron chi connectivity index (χ2n) is 8.59. The van der Waals surface area contributed by atoms with Crippen molar-refractivity contribution in [2.75, 3.05) is 6.61 Å². The molecular formula is C26H24ClFN4O. The van der Waals surface area contributed by atoms with E-state index in [1.807, 2.05) is 39.1 Å². The zero-order chi connectivity index (χ0) is 23.1. The van der Waals surface area contributed by atoms with E-state index in [4.69, 9.17) is 31.3 Å². The van der Waals surface area contributed by atoms with Crippen molar-refractivity contribution >= 4 is 22.6 Å². The Morgan fingerprint density at radius 1 is 1.00 bits per heavy atom. The lowest BCUT2D eigenvalue weighted by Gasteiger charge is -2.30. The van der Waals surface area contributed by atoms with Gasteiger partial charge < -0.3 is 4.74 Å². The number of rotatable bonds is 3. The lowest BCUT2D eigenvalue weighted by atomic mass is 9.88. The molecule has 1 aliphatic rings. The maximum absolute atomic E-state index is 14.9. The van der Waals surface area contributed by atoms with E-state index in [1.54, 1.807) is 12.1 Å². The molecule has 1 fully saturated rings. The maximum Gasteiger partial charge on any atom is 0.134 e. The molecular weight excluding hydrogens is 439 g/mol. The summed E-state index contributed by atoms with van der Waals surface area (Å²) in [6.45, 7) is 6.43. The monoisotopic (exact) mass is 462 g/mol. The molecule has 0 N–H and O–H groups in total. The van der Waals surface area contributed by atoms with Gasteiger partial charge in [0.15, 0.2) is 0 Å². The number of hydrogen-bond acceptors (Lipinski definition) is 5. The van der Waals surface area contributed by atoms with Crippen molar-refractivity contribution in [3.8, 4) is 11.3 Å². The SMILES string of the molecule is Cc1cc(C2CC(c3cc4nc(C)c(C)nc4c(-c4ccc(Cl)cc4F)n3)CCO2)ccn1. The van der Waals surface area contributed by atoms with Crippen molar-refractivity contribution in [1.29, 1.82) is 0 Å². The van der Waals surface area contributed by atoms with E-state index in [0.29, 0.717) is 28.4 Å². The van der Waals surface area contributed by atoms with Crippen LogP contribution in [0.3, 0.4) is 0 Å². The lowest BCUT2D eigenvalue weighted by Crippen LogP contribution is -2.20. The number of hydrogen-bond donors (Lipinski definition) is 0. The van der Waals surface area contributed by atoms with Gasteiger partial charge in [0.2, 0.25) is 0 Å². The zero-order valence-electron chi connectivity index (χ0n) is 18.8. The highest BCUT2D eigenvalue weighted by Crippen LogP contribution is 2.39. The largest absolute Gasteiger partial charge is 0.373 e. The third kappa shape index (κ3) is 4.33. The van der Waals surface area contributed by atoms with Crippen molar-refractivity contribution in [1.82, 2.24) is 19.9 Å². The molecule has 5 nitrogen and oxygen atoms in total. The minimum Gasteiger partial charge on any atom is -0.373 e. The Kier molecular flexibility index (Phi) is 5.81. The predicted molar refractivity (Wildman–Crippen MR) is 127 cm³/mol. The quantitative estimate of drug-likeness (QED) is 0.350. The van der Waals surface area contributed by atoms with Crippen LogP contribution in [0.25, 0.3) is 22.3 Å². The van der Waals surface area contributed by atoms with Crippen LogP contribution in [0.1, 0.15) is 53.2 Å². The Morgan fingerprint density at radius 3 is 2.61 bits per heavy atom. The van der Waals surface area contributed by atoms with Crippen molar-refractivity contribution in [2.24, 2.45) is 0 Å².